The number of sulfonamides is 1. The van der Waals surface area contributed by atoms with Crippen LogP contribution in [0.5, 0.6) is 11.5 Å². The molecule has 0 spiro atoms. The van der Waals surface area contributed by atoms with Crippen molar-refractivity contribution in [2.75, 3.05) is 24.3 Å². The van der Waals surface area contributed by atoms with Gasteiger partial charge in [0, 0.05) is 34.2 Å². The molecule has 0 aliphatic rings. The van der Waals surface area contributed by atoms with Gasteiger partial charge in [-0.05, 0) is 36.4 Å². The Labute approximate surface area is 182 Å². The second kappa shape index (κ2) is 8.28. The Bertz CT molecular complexity index is 1290. The highest BCUT2D eigenvalue weighted by atomic mass is 32.2. The van der Waals surface area contributed by atoms with Crippen LogP contribution in [-0.2, 0) is 10.0 Å². The molecule has 4 rings (SSSR count). The molecule has 0 radical (unpaired) electrons. The normalized spacial score (nSPS) is 11.3. The second-order valence-electron chi connectivity index (χ2n) is 6.40. The van der Waals surface area contributed by atoms with Gasteiger partial charge in [-0.2, -0.15) is 0 Å². The van der Waals surface area contributed by atoms with Gasteiger partial charge < -0.3 is 19.8 Å². The predicted molar refractivity (Wildman–Crippen MR) is 119 cm³/mol. The molecule has 31 heavy (non-hydrogen) atoms. The fraction of sp³-hybridized carbons (Fsp3) is 0.100. The maximum atomic E-state index is 12.6. The number of H-pyrrole nitrogens is 1. The number of aromatic nitrogens is 2. The number of aromatic amines is 1. The molecule has 2 aromatic carbocycles. The summed E-state index contributed by atoms with van der Waals surface area (Å²) < 4.78 is 37.8. The Morgan fingerprint density at radius 3 is 2.42 bits per heavy atom. The number of carbonyl (C=O) groups excluding carboxylic acids is 1. The average molecular weight is 459 g/mol. The van der Waals surface area contributed by atoms with Crippen molar-refractivity contribution in [3.05, 3.63) is 59.7 Å². The van der Waals surface area contributed by atoms with Gasteiger partial charge in [0.1, 0.15) is 5.69 Å². The number of benzene rings is 2. The van der Waals surface area contributed by atoms with Gasteiger partial charge in [-0.15, -0.1) is 11.3 Å². The van der Waals surface area contributed by atoms with Crippen LogP contribution in [-0.4, -0.2) is 38.5 Å². The van der Waals surface area contributed by atoms with E-state index in [4.69, 9.17) is 9.47 Å². The minimum atomic E-state index is -3.76. The summed E-state index contributed by atoms with van der Waals surface area (Å²) in [6, 6.07) is 11.1. The standard InChI is InChI=1S/C20H18N4O5S2/c1-28-17-10-12-9-16(23-15(12)11-18(17)29-2)19(25)22-13-3-5-14(6-4-13)31(26,27)24-20-21-7-8-30-20/h3-11,23H,1-2H3,(H,21,24)(H,22,25). The van der Waals surface area contributed by atoms with Crippen LogP contribution in [0.3, 0.4) is 0 Å². The van der Waals surface area contributed by atoms with Crippen molar-refractivity contribution in [1.29, 1.82) is 0 Å². The van der Waals surface area contributed by atoms with Crippen LogP contribution in [0, 0.1) is 0 Å². The quantitative estimate of drug-likeness (QED) is 0.388. The predicted octanol–water partition coefficient (Wildman–Crippen LogP) is 3.69. The summed E-state index contributed by atoms with van der Waals surface area (Å²) >= 11 is 1.18. The fourth-order valence-corrected chi connectivity index (χ4v) is 4.73. The lowest BCUT2D eigenvalue weighted by atomic mass is 10.2. The summed E-state index contributed by atoms with van der Waals surface area (Å²) in [7, 11) is -0.676. The van der Waals surface area contributed by atoms with Gasteiger partial charge in [-0.3, -0.25) is 9.52 Å². The van der Waals surface area contributed by atoms with Gasteiger partial charge in [-0.25, -0.2) is 13.4 Å². The zero-order valence-corrected chi connectivity index (χ0v) is 18.1. The van der Waals surface area contributed by atoms with E-state index < -0.39 is 10.0 Å². The Hall–Kier alpha value is -3.57. The van der Waals surface area contributed by atoms with E-state index in [1.807, 2.05) is 0 Å². The molecule has 0 aliphatic heterocycles. The van der Waals surface area contributed by atoms with Crippen LogP contribution in [0.4, 0.5) is 10.8 Å². The highest BCUT2D eigenvalue weighted by molar-refractivity contribution is 7.93. The summed E-state index contributed by atoms with van der Waals surface area (Å²) in [4.78, 5) is 19.7. The van der Waals surface area contributed by atoms with Crippen LogP contribution in [0.25, 0.3) is 10.9 Å². The van der Waals surface area contributed by atoms with Crippen LogP contribution >= 0.6 is 11.3 Å². The molecule has 2 aromatic heterocycles. The van der Waals surface area contributed by atoms with Crippen LogP contribution < -0.4 is 19.5 Å². The second-order valence-corrected chi connectivity index (χ2v) is 8.98. The van der Waals surface area contributed by atoms with Gasteiger partial charge in [0.15, 0.2) is 16.6 Å². The zero-order valence-electron chi connectivity index (χ0n) is 16.5. The van der Waals surface area contributed by atoms with E-state index in [0.717, 1.165) is 10.9 Å². The molecule has 0 aliphatic carbocycles. The maximum Gasteiger partial charge on any atom is 0.272 e. The molecule has 3 N–H and O–H groups in total. The molecular formula is C20H18N4O5S2. The van der Waals surface area contributed by atoms with Crippen molar-refractivity contribution in [2.45, 2.75) is 4.90 Å². The lowest BCUT2D eigenvalue weighted by molar-refractivity contribution is 0.102. The van der Waals surface area contributed by atoms with Crippen LogP contribution in [0.1, 0.15) is 10.5 Å². The zero-order chi connectivity index (χ0) is 22.0. The Morgan fingerprint density at radius 2 is 1.77 bits per heavy atom. The Kier molecular flexibility index (Phi) is 5.53. The van der Waals surface area contributed by atoms with Crippen LogP contribution in [0.2, 0.25) is 0 Å². The number of anilines is 2. The molecule has 2 heterocycles. The summed E-state index contributed by atoms with van der Waals surface area (Å²) in [6.45, 7) is 0. The lowest BCUT2D eigenvalue weighted by Crippen LogP contribution is -2.14. The number of hydrogen-bond acceptors (Lipinski definition) is 7. The molecule has 0 saturated heterocycles. The van der Waals surface area contributed by atoms with Gasteiger partial charge in [0.2, 0.25) is 0 Å². The third-order valence-electron chi connectivity index (χ3n) is 4.45. The van der Waals surface area contributed by atoms with Crippen molar-refractivity contribution >= 4 is 49.0 Å². The molecule has 0 fully saturated rings. The van der Waals surface area contributed by atoms with Crippen molar-refractivity contribution in [3.8, 4) is 11.5 Å². The number of methoxy groups -OCH3 is 2. The number of carbonyl (C=O) groups is 1. The Balaban J connectivity index is 1.51. The molecule has 1 amide bonds. The van der Waals surface area contributed by atoms with E-state index in [-0.39, 0.29) is 15.9 Å². The number of nitrogens with one attached hydrogen (secondary N) is 3. The molecular weight excluding hydrogens is 440 g/mol. The van der Waals surface area contributed by atoms with Crippen molar-refractivity contribution in [3.63, 3.8) is 0 Å². The summed E-state index contributed by atoms with van der Waals surface area (Å²) in [6.07, 6.45) is 1.51. The lowest BCUT2D eigenvalue weighted by Gasteiger charge is -2.07. The molecule has 0 saturated carbocycles. The number of ether oxygens (including phenoxy) is 2. The maximum absolute atomic E-state index is 12.6. The van der Waals surface area contributed by atoms with E-state index in [1.54, 1.807) is 30.7 Å². The molecule has 0 unspecified atom stereocenters. The smallest absolute Gasteiger partial charge is 0.272 e. The third-order valence-corrected chi connectivity index (χ3v) is 6.62. The molecule has 4 aromatic rings. The number of fused-ring (bicyclic) bond motifs is 1. The number of nitrogens with zero attached hydrogens (tertiary/aromatic N) is 1. The van der Waals surface area contributed by atoms with Gasteiger partial charge in [0.25, 0.3) is 15.9 Å². The first-order valence-electron chi connectivity index (χ1n) is 8.98. The van der Waals surface area contributed by atoms with E-state index in [0.29, 0.717) is 22.9 Å². The monoisotopic (exact) mass is 458 g/mol. The SMILES string of the molecule is COc1cc2cc(C(=O)Nc3ccc(S(=O)(=O)Nc4nccs4)cc3)[nH]c2cc1OC. The summed E-state index contributed by atoms with van der Waals surface area (Å²) in [5, 5.41) is 5.49. The minimum absolute atomic E-state index is 0.0606. The topological polar surface area (TPSA) is 122 Å². The van der Waals surface area contributed by atoms with E-state index in [2.05, 4.69) is 20.0 Å². The van der Waals surface area contributed by atoms with Crippen molar-refractivity contribution in [1.82, 2.24) is 9.97 Å². The van der Waals surface area contributed by atoms with Crippen molar-refractivity contribution in [2.24, 2.45) is 0 Å². The highest BCUT2D eigenvalue weighted by Gasteiger charge is 2.17. The molecule has 160 valence electrons. The number of thiazole rings is 1. The largest absolute Gasteiger partial charge is 0.493 e. The first-order chi connectivity index (χ1) is 14.9. The summed E-state index contributed by atoms with van der Waals surface area (Å²) in [5.41, 5.74) is 1.51. The first-order valence-corrected chi connectivity index (χ1v) is 11.3. The van der Waals surface area contributed by atoms with Gasteiger partial charge in [-0.1, -0.05) is 0 Å². The average Bonchev–Trinajstić information content (AvgIpc) is 3.41. The van der Waals surface area contributed by atoms with Crippen LogP contribution in [0.15, 0.2) is 58.9 Å². The first kappa shape index (κ1) is 20.7. The summed E-state index contributed by atoms with van der Waals surface area (Å²) in [5.74, 6) is 0.738. The molecule has 11 heteroatoms. The third kappa shape index (κ3) is 4.32. The molecule has 0 bridgehead atoms. The van der Waals surface area contributed by atoms with E-state index in [9.17, 15) is 13.2 Å². The number of rotatable bonds is 7. The Morgan fingerprint density at radius 1 is 1.06 bits per heavy atom. The van der Waals surface area contributed by atoms with E-state index >= 15 is 0 Å². The van der Waals surface area contributed by atoms with Crippen molar-refractivity contribution < 1.29 is 22.7 Å². The number of hydrogen-bond donors (Lipinski definition) is 3. The molecule has 9 nitrogen and oxygen atoms in total. The van der Waals surface area contributed by atoms with Gasteiger partial charge >= 0.3 is 0 Å². The fourth-order valence-electron chi connectivity index (χ4n) is 2.94. The highest BCUT2D eigenvalue weighted by Crippen LogP contribution is 2.32. The van der Waals surface area contributed by atoms with E-state index in [1.165, 1.54) is 48.9 Å². The van der Waals surface area contributed by atoms with Gasteiger partial charge in [0.05, 0.1) is 19.1 Å². The minimum Gasteiger partial charge on any atom is -0.493 e. The molecule has 0 atom stereocenters. The number of amides is 1.